The molecule has 3 aromatic rings. The summed E-state index contributed by atoms with van der Waals surface area (Å²) >= 11 is 1.81. The molecule has 8 heteroatoms. The third kappa shape index (κ3) is 4.88. The minimum atomic E-state index is -0.327. The molecular formula is C25H30N4O3S. The van der Waals surface area contributed by atoms with Gasteiger partial charge in [0.1, 0.15) is 0 Å². The molecule has 1 aliphatic carbocycles. The first-order valence-electron chi connectivity index (χ1n) is 11.7. The Bertz CT molecular complexity index is 1150. The average molecular weight is 467 g/mol. The number of para-hydroxylation sites is 2. The molecule has 1 saturated heterocycles. The van der Waals surface area contributed by atoms with Crippen LogP contribution in [-0.2, 0) is 11.3 Å². The van der Waals surface area contributed by atoms with Gasteiger partial charge in [0.2, 0.25) is 0 Å². The Balaban J connectivity index is 1.35. The molecule has 0 radical (unpaired) electrons. The number of benzene rings is 2. The van der Waals surface area contributed by atoms with Gasteiger partial charge in [-0.05, 0) is 37.1 Å². The number of imidazole rings is 1. The Kier molecular flexibility index (Phi) is 6.85. The van der Waals surface area contributed by atoms with Crippen LogP contribution in [-0.4, -0.2) is 64.2 Å². The van der Waals surface area contributed by atoms with Gasteiger partial charge in [-0.2, -0.15) is 0 Å². The lowest BCUT2D eigenvalue weighted by Gasteiger charge is -2.26. The number of amides is 1. The topological polar surface area (TPSA) is 68.5 Å². The number of nitrogens with zero attached hydrogens (tertiary/aromatic N) is 3. The number of ether oxygens (including phenoxy) is 1. The lowest BCUT2D eigenvalue weighted by Crippen LogP contribution is -2.45. The van der Waals surface area contributed by atoms with Crippen molar-refractivity contribution in [3.63, 3.8) is 0 Å². The first-order chi connectivity index (χ1) is 16.2. The summed E-state index contributed by atoms with van der Waals surface area (Å²) in [6, 6.07) is 17.6. The van der Waals surface area contributed by atoms with E-state index in [2.05, 4.69) is 22.3 Å². The SMILES string of the molecule is O=C(N[C@@H]1CCC[C@H]1Sc1ccccc1)n1c(=O)n(CCN2CCOCC2)c2ccccc21. The molecular weight excluding hydrogens is 436 g/mol. The van der Waals surface area contributed by atoms with Crippen molar-refractivity contribution >= 4 is 28.8 Å². The normalized spacial score (nSPS) is 21.5. The fourth-order valence-electron chi connectivity index (χ4n) is 4.82. The number of aromatic nitrogens is 2. The number of carbonyl (C=O) groups is 1. The van der Waals surface area contributed by atoms with Gasteiger partial charge in [0, 0.05) is 42.4 Å². The second kappa shape index (κ2) is 10.2. The van der Waals surface area contributed by atoms with Crippen LogP contribution in [0.4, 0.5) is 4.79 Å². The Morgan fingerprint density at radius 1 is 0.970 bits per heavy atom. The third-order valence-corrected chi connectivity index (χ3v) is 7.99. The van der Waals surface area contributed by atoms with E-state index < -0.39 is 0 Å². The van der Waals surface area contributed by atoms with Gasteiger partial charge < -0.3 is 10.1 Å². The Hall–Kier alpha value is -2.55. The summed E-state index contributed by atoms with van der Waals surface area (Å²) in [4.78, 5) is 30.2. The summed E-state index contributed by atoms with van der Waals surface area (Å²) in [6.45, 7) is 4.50. The summed E-state index contributed by atoms with van der Waals surface area (Å²) in [7, 11) is 0. The van der Waals surface area contributed by atoms with E-state index in [1.165, 1.54) is 9.46 Å². The van der Waals surface area contributed by atoms with Crippen molar-refractivity contribution in [1.82, 2.24) is 19.4 Å². The zero-order valence-electron chi connectivity index (χ0n) is 18.7. The number of nitrogens with one attached hydrogen (secondary N) is 1. The molecule has 7 nitrogen and oxygen atoms in total. The van der Waals surface area contributed by atoms with Crippen LogP contribution >= 0.6 is 11.8 Å². The molecule has 33 heavy (non-hydrogen) atoms. The van der Waals surface area contributed by atoms with E-state index in [1.807, 2.05) is 54.2 Å². The molecule has 1 aliphatic heterocycles. The van der Waals surface area contributed by atoms with E-state index >= 15 is 0 Å². The van der Waals surface area contributed by atoms with Gasteiger partial charge in [0.25, 0.3) is 0 Å². The summed E-state index contributed by atoms with van der Waals surface area (Å²) in [5.41, 5.74) is 1.19. The van der Waals surface area contributed by atoms with Gasteiger partial charge in [-0.15, -0.1) is 11.8 Å². The predicted molar refractivity (Wildman–Crippen MR) is 131 cm³/mol. The van der Waals surface area contributed by atoms with Crippen LogP contribution in [0.15, 0.2) is 64.3 Å². The second-order valence-electron chi connectivity index (χ2n) is 8.67. The molecule has 2 atom stereocenters. The highest BCUT2D eigenvalue weighted by molar-refractivity contribution is 8.00. The molecule has 1 amide bonds. The summed E-state index contributed by atoms with van der Waals surface area (Å²) in [5.74, 6) is 0. The van der Waals surface area contributed by atoms with Crippen molar-refractivity contribution in [2.45, 2.75) is 42.0 Å². The molecule has 1 saturated carbocycles. The number of thioether (sulfide) groups is 1. The lowest BCUT2D eigenvalue weighted by molar-refractivity contribution is 0.0364. The van der Waals surface area contributed by atoms with Gasteiger partial charge >= 0.3 is 11.7 Å². The molecule has 174 valence electrons. The van der Waals surface area contributed by atoms with Gasteiger partial charge in [-0.1, -0.05) is 36.8 Å². The van der Waals surface area contributed by atoms with Crippen molar-refractivity contribution < 1.29 is 9.53 Å². The maximum absolute atomic E-state index is 13.4. The molecule has 1 aromatic heterocycles. The lowest BCUT2D eigenvalue weighted by atomic mass is 10.2. The first kappa shape index (κ1) is 22.3. The van der Waals surface area contributed by atoms with E-state index in [4.69, 9.17) is 4.74 Å². The number of carbonyl (C=O) groups excluding carboxylic acids is 1. The monoisotopic (exact) mass is 466 g/mol. The number of hydrogen-bond donors (Lipinski definition) is 1. The van der Waals surface area contributed by atoms with Gasteiger partial charge in [0.05, 0.1) is 24.2 Å². The molecule has 2 fully saturated rings. The molecule has 1 N–H and O–H groups in total. The van der Waals surface area contributed by atoms with Crippen LogP contribution < -0.4 is 11.0 Å². The van der Waals surface area contributed by atoms with Gasteiger partial charge in [-0.25, -0.2) is 14.2 Å². The van der Waals surface area contributed by atoms with Crippen LogP contribution in [0.1, 0.15) is 19.3 Å². The number of fused-ring (bicyclic) bond motifs is 1. The fourth-order valence-corrected chi connectivity index (χ4v) is 6.13. The highest BCUT2D eigenvalue weighted by atomic mass is 32.2. The van der Waals surface area contributed by atoms with Crippen LogP contribution in [0.5, 0.6) is 0 Å². The minimum absolute atomic E-state index is 0.0464. The molecule has 0 unspecified atom stereocenters. The maximum atomic E-state index is 13.4. The predicted octanol–water partition coefficient (Wildman–Crippen LogP) is 3.41. The van der Waals surface area contributed by atoms with Crippen molar-refractivity contribution in [3.8, 4) is 0 Å². The average Bonchev–Trinajstić information content (AvgIpc) is 3.39. The molecule has 2 aromatic carbocycles. The summed E-state index contributed by atoms with van der Waals surface area (Å²) < 4.78 is 8.47. The van der Waals surface area contributed by atoms with Crippen molar-refractivity contribution in [3.05, 3.63) is 65.1 Å². The highest BCUT2D eigenvalue weighted by Crippen LogP contribution is 2.35. The van der Waals surface area contributed by atoms with Crippen molar-refractivity contribution in [2.24, 2.45) is 0 Å². The van der Waals surface area contributed by atoms with Crippen molar-refractivity contribution in [1.29, 1.82) is 0 Å². The molecule has 5 rings (SSSR count). The molecule has 2 heterocycles. The zero-order valence-corrected chi connectivity index (χ0v) is 19.5. The maximum Gasteiger partial charge on any atom is 0.337 e. The van der Waals surface area contributed by atoms with Crippen molar-refractivity contribution in [2.75, 3.05) is 32.8 Å². The van der Waals surface area contributed by atoms with Gasteiger partial charge in [0.15, 0.2) is 0 Å². The fraction of sp³-hybridized carbons (Fsp3) is 0.440. The number of morpholine rings is 1. The van der Waals surface area contributed by atoms with E-state index in [-0.39, 0.29) is 17.8 Å². The molecule has 0 bridgehead atoms. The van der Waals surface area contributed by atoms with Crippen LogP contribution in [0.25, 0.3) is 11.0 Å². The van der Waals surface area contributed by atoms with E-state index in [0.717, 1.165) is 57.6 Å². The van der Waals surface area contributed by atoms with E-state index in [9.17, 15) is 9.59 Å². The van der Waals surface area contributed by atoms with Crippen LogP contribution in [0.3, 0.4) is 0 Å². The molecule has 0 spiro atoms. The number of rotatable bonds is 6. The van der Waals surface area contributed by atoms with E-state index in [0.29, 0.717) is 17.3 Å². The molecule has 2 aliphatic rings. The van der Waals surface area contributed by atoms with Crippen LogP contribution in [0.2, 0.25) is 0 Å². The Morgan fingerprint density at radius 2 is 1.70 bits per heavy atom. The second-order valence-corrected chi connectivity index (χ2v) is 9.98. The first-order valence-corrected chi connectivity index (χ1v) is 12.6. The largest absolute Gasteiger partial charge is 0.379 e. The Labute approximate surface area is 197 Å². The Morgan fingerprint density at radius 3 is 2.48 bits per heavy atom. The zero-order chi connectivity index (χ0) is 22.6. The quantitative estimate of drug-likeness (QED) is 0.603. The minimum Gasteiger partial charge on any atom is -0.379 e. The summed E-state index contributed by atoms with van der Waals surface area (Å²) in [5, 5.41) is 3.49. The highest BCUT2D eigenvalue weighted by Gasteiger charge is 2.31. The number of hydrogen-bond acceptors (Lipinski definition) is 5. The van der Waals surface area contributed by atoms with Crippen LogP contribution in [0, 0.1) is 0 Å². The smallest absolute Gasteiger partial charge is 0.337 e. The van der Waals surface area contributed by atoms with E-state index in [1.54, 1.807) is 4.57 Å². The van der Waals surface area contributed by atoms with Gasteiger partial charge in [-0.3, -0.25) is 9.47 Å². The summed E-state index contributed by atoms with van der Waals surface area (Å²) in [6.07, 6.45) is 3.06. The third-order valence-electron chi connectivity index (χ3n) is 6.57. The standard InChI is InChI=1S/C25H30N4O3S/c30-24(26-20-9-6-12-23(20)33-19-7-2-1-3-8-19)29-22-11-5-4-10-21(22)28(25(29)31)14-13-27-15-17-32-18-16-27/h1-5,7-8,10-11,20,23H,6,9,12-18H2,(H,26,30)/t20-,23-/m1/s1.